The Hall–Kier alpha value is -4.66. The van der Waals surface area contributed by atoms with E-state index in [9.17, 15) is 24.3 Å². The van der Waals surface area contributed by atoms with Crippen molar-refractivity contribution in [2.24, 2.45) is 0 Å². The van der Waals surface area contributed by atoms with Crippen LogP contribution in [-0.4, -0.2) is 48.6 Å². The minimum Gasteiger partial charge on any atom is -0.481 e. The van der Waals surface area contributed by atoms with Crippen LogP contribution in [0, 0.1) is 0 Å². The molecule has 0 bridgehead atoms. The SMILES string of the molecule is CCNC(=O)NCCCC(=O)NCC(=O)NC(CC(=O)O)c1ccc(-c2ccccc2)cc1.c1cc2cc-2c1. The van der Waals surface area contributed by atoms with Crippen molar-refractivity contribution in [3.05, 3.63) is 84.4 Å². The number of benzene rings is 3. The summed E-state index contributed by atoms with van der Waals surface area (Å²) >= 11 is 0. The van der Waals surface area contributed by atoms with Crippen molar-refractivity contribution in [3.63, 3.8) is 0 Å². The molecule has 1 atom stereocenters. The Labute approximate surface area is 228 Å². The minimum atomic E-state index is -1.05. The zero-order chi connectivity index (χ0) is 28.0. The van der Waals surface area contributed by atoms with E-state index in [4.69, 9.17) is 0 Å². The number of rotatable bonds is 12. The summed E-state index contributed by atoms with van der Waals surface area (Å²) in [5.41, 5.74) is 5.53. The average molecular weight is 531 g/mol. The molecule has 204 valence electrons. The molecule has 2 aliphatic rings. The fraction of sp³-hybridized carbons (Fsp3) is 0.267. The summed E-state index contributed by atoms with van der Waals surface area (Å²) in [4.78, 5) is 46.8. The maximum atomic E-state index is 12.3. The molecule has 9 heteroatoms. The highest BCUT2D eigenvalue weighted by Crippen LogP contribution is 2.32. The van der Waals surface area contributed by atoms with Gasteiger partial charge in [-0.15, -0.1) is 0 Å². The zero-order valence-electron chi connectivity index (χ0n) is 21.9. The van der Waals surface area contributed by atoms with Crippen LogP contribution in [0.5, 0.6) is 0 Å². The number of carbonyl (C=O) groups is 4. The smallest absolute Gasteiger partial charge is 0.314 e. The first-order valence-corrected chi connectivity index (χ1v) is 12.9. The van der Waals surface area contributed by atoms with Gasteiger partial charge < -0.3 is 26.4 Å². The van der Waals surface area contributed by atoms with Crippen molar-refractivity contribution < 1.29 is 24.3 Å². The third-order valence-corrected chi connectivity index (χ3v) is 5.90. The molecule has 4 rings (SSSR count). The Kier molecular flexibility index (Phi) is 11.1. The molecule has 9 nitrogen and oxygen atoms in total. The van der Waals surface area contributed by atoms with E-state index in [1.807, 2.05) is 42.5 Å². The summed E-state index contributed by atoms with van der Waals surface area (Å²) < 4.78 is 0. The van der Waals surface area contributed by atoms with Crippen LogP contribution in [0.15, 0.2) is 78.9 Å². The van der Waals surface area contributed by atoms with Gasteiger partial charge in [0.1, 0.15) is 0 Å². The Bertz CT molecular complexity index is 1240. The molecule has 2 aromatic rings. The van der Waals surface area contributed by atoms with Crippen LogP contribution >= 0.6 is 0 Å². The summed E-state index contributed by atoms with van der Waals surface area (Å²) in [6, 6.07) is 24.5. The van der Waals surface area contributed by atoms with Crippen LogP contribution in [0.3, 0.4) is 0 Å². The second-order valence-corrected chi connectivity index (χ2v) is 8.95. The molecule has 2 aromatic carbocycles. The Morgan fingerprint density at radius 3 is 1.95 bits per heavy atom. The van der Waals surface area contributed by atoms with Crippen LogP contribution in [0.1, 0.15) is 37.8 Å². The van der Waals surface area contributed by atoms with Crippen LogP contribution in [-0.2, 0) is 14.4 Å². The number of hydrogen-bond acceptors (Lipinski definition) is 4. The molecule has 0 heterocycles. The first kappa shape index (κ1) is 28.9. The van der Waals surface area contributed by atoms with Crippen LogP contribution in [0.4, 0.5) is 4.79 Å². The normalized spacial score (nSPS) is 11.2. The van der Waals surface area contributed by atoms with Crippen molar-refractivity contribution in [3.8, 4) is 22.3 Å². The fourth-order valence-electron chi connectivity index (χ4n) is 3.83. The Balaban J connectivity index is 0.000000603. The number of urea groups is 1. The van der Waals surface area contributed by atoms with Crippen LogP contribution < -0.4 is 21.3 Å². The molecule has 0 spiro atoms. The minimum absolute atomic E-state index is 0.152. The summed E-state index contributed by atoms with van der Waals surface area (Å²) in [6.07, 6.45) is 0.301. The molecule has 5 N–H and O–H groups in total. The van der Waals surface area contributed by atoms with Gasteiger partial charge in [-0.25, -0.2) is 4.79 Å². The lowest BCUT2D eigenvalue weighted by molar-refractivity contribution is -0.138. The molecule has 1 unspecified atom stereocenters. The first-order valence-electron chi connectivity index (χ1n) is 12.9. The summed E-state index contributed by atoms with van der Waals surface area (Å²) in [5, 5.41) is 19.6. The number of carbonyl (C=O) groups excluding carboxylic acids is 3. The number of fused-ring (bicyclic) bond motifs is 1. The van der Waals surface area contributed by atoms with E-state index in [2.05, 4.69) is 45.5 Å². The third kappa shape index (κ3) is 10.3. The largest absolute Gasteiger partial charge is 0.481 e. The predicted octanol–water partition coefficient (Wildman–Crippen LogP) is 3.87. The number of carboxylic acid groups (broad SMARTS) is 1. The highest BCUT2D eigenvalue weighted by Gasteiger charge is 2.18. The van der Waals surface area contributed by atoms with Crippen molar-refractivity contribution in [2.75, 3.05) is 19.6 Å². The molecular formula is C30H34N4O5. The monoisotopic (exact) mass is 530 g/mol. The van der Waals surface area contributed by atoms with E-state index >= 15 is 0 Å². The van der Waals surface area contributed by atoms with Crippen LogP contribution in [0.25, 0.3) is 22.3 Å². The number of amides is 4. The van der Waals surface area contributed by atoms with Crippen molar-refractivity contribution >= 4 is 23.8 Å². The Morgan fingerprint density at radius 1 is 0.744 bits per heavy atom. The molecule has 39 heavy (non-hydrogen) atoms. The average Bonchev–Trinajstić information content (AvgIpc) is 3.54. The third-order valence-electron chi connectivity index (χ3n) is 5.90. The summed E-state index contributed by atoms with van der Waals surface area (Å²) in [7, 11) is 0. The van der Waals surface area contributed by atoms with Gasteiger partial charge in [-0.05, 0) is 47.2 Å². The number of carboxylic acids is 1. The van der Waals surface area contributed by atoms with Gasteiger partial charge in [0.15, 0.2) is 0 Å². The quantitative estimate of drug-likeness (QED) is 0.177. The summed E-state index contributed by atoms with van der Waals surface area (Å²) in [5.74, 6) is -1.86. The second-order valence-electron chi connectivity index (χ2n) is 8.95. The molecular weight excluding hydrogens is 496 g/mol. The lowest BCUT2D eigenvalue weighted by Gasteiger charge is -2.18. The van der Waals surface area contributed by atoms with Gasteiger partial charge in [-0.3, -0.25) is 14.4 Å². The molecule has 2 aliphatic carbocycles. The maximum absolute atomic E-state index is 12.3. The zero-order valence-corrected chi connectivity index (χ0v) is 21.9. The van der Waals surface area contributed by atoms with Gasteiger partial charge in [-0.1, -0.05) is 72.8 Å². The van der Waals surface area contributed by atoms with Gasteiger partial charge >= 0.3 is 12.0 Å². The van der Waals surface area contributed by atoms with E-state index in [0.29, 0.717) is 25.1 Å². The van der Waals surface area contributed by atoms with E-state index in [0.717, 1.165) is 11.1 Å². The first-order chi connectivity index (χ1) is 18.9. The molecule has 0 saturated carbocycles. The second kappa shape index (κ2) is 14.9. The van der Waals surface area contributed by atoms with Gasteiger partial charge in [0.05, 0.1) is 19.0 Å². The highest BCUT2D eigenvalue weighted by molar-refractivity contribution is 5.85. The highest BCUT2D eigenvalue weighted by atomic mass is 16.4. The molecule has 0 radical (unpaired) electrons. The predicted molar refractivity (Wildman–Crippen MR) is 150 cm³/mol. The number of aliphatic carboxylic acids is 1. The molecule has 0 fully saturated rings. The lowest BCUT2D eigenvalue weighted by Crippen LogP contribution is -2.39. The van der Waals surface area contributed by atoms with Gasteiger partial charge in [0.2, 0.25) is 11.8 Å². The maximum Gasteiger partial charge on any atom is 0.314 e. The summed E-state index contributed by atoms with van der Waals surface area (Å²) in [6.45, 7) is 2.40. The van der Waals surface area contributed by atoms with Gasteiger partial charge in [0, 0.05) is 19.5 Å². The van der Waals surface area contributed by atoms with Crippen molar-refractivity contribution in [1.29, 1.82) is 0 Å². The van der Waals surface area contributed by atoms with E-state index in [1.54, 1.807) is 19.1 Å². The van der Waals surface area contributed by atoms with Crippen molar-refractivity contribution in [1.82, 2.24) is 21.3 Å². The molecule has 0 aromatic heterocycles. The Morgan fingerprint density at radius 2 is 1.38 bits per heavy atom. The van der Waals surface area contributed by atoms with E-state index in [1.165, 1.54) is 11.1 Å². The molecule has 0 aliphatic heterocycles. The van der Waals surface area contributed by atoms with E-state index < -0.39 is 17.9 Å². The van der Waals surface area contributed by atoms with Crippen molar-refractivity contribution in [2.45, 2.75) is 32.2 Å². The van der Waals surface area contributed by atoms with Gasteiger partial charge in [0.25, 0.3) is 0 Å². The topological polar surface area (TPSA) is 137 Å². The standard InChI is InChI=1S/C24H30N4O5.C6H4/c1-2-25-24(33)26-14-6-9-21(29)27-16-22(30)28-20(15-23(31)32)19-12-10-18(11-13-19)17-7-4-3-5-8-17;1-2-5-4-6(5)3-1/h3-5,7-8,10-13,20H,2,6,9,14-16H2,1H3,(H,27,29)(H,28,30)(H,31,32)(H2,25,26,33);1-4H. The van der Waals surface area contributed by atoms with E-state index in [-0.39, 0.29) is 31.3 Å². The van der Waals surface area contributed by atoms with Crippen LogP contribution in [0.2, 0.25) is 0 Å². The number of nitrogens with one attached hydrogen (secondary N) is 4. The molecule has 0 saturated heterocycles. The van der Waals surface area contributed by atoms with Gasteiger partial charge in [-0.2, -0.15) is 0 Å². The fourth-order valence-corrected chi connectivity index (χ4v) is 3.83. The molecule has 4 amide bonds. The lowest BCUT2D eigenvalue weighted by atomic mass is 9.99. The number of hydrogen-bond donors (Lipinski definition) is 5.